The van der Waals surface area contributed by atoms with Crippen molar-refractivity contribution >= 4 is 51.9 Å². The zero-order valence-electron chi connectivity index (χ0n) is 24.0. The van der Waals surface area contributed by atoms with Gasteiger partial charge < -0.3 is 24.8 Å². The van der Waals surface area contributed by atoms with E-state index in [-0.39, 0.29) is 22.3 Å². The number of anilines is 3. The molecule has 224 valence electrons. The maximum atomic E-state index is 12.9. The maximum absolute atomic E-state index is 12.9. The van der Waals surface area contributed by atoms with Crippen LogP contribution in [-0.4, -0.2) is 73.1 Å². The molecular weight excluding hydrogens is 568 g/mol. The Bertz CT molecular complexity index is 1480. The van der Waals surface area contributed by atoms with Crippen LogP contribution in [-0.2, 0) is 0 Å². The van der Waals surface area contributed by atoms with E-state index >= 15 is 0 Å². The van der Waals surface area contributed by atoms with Crippen LogP contribution in [0.2, 0.25) is 0 Å². The number of nitrogens with zero attached hydrogens (tertiary/aromatic N) is 4. The number of nitrogens with one attached hydrogen (secondary N) is 2. The first-order chi connectivity index (χ1) is 20.8. The number of rotatable bonds is 7. The fourth-order valence-corrected chi connectivity index (χ4v) is 5.60. The number of benzene rings is 3. The lowest BCUT2D eigenvalue weighted by molar-refractivity contribution is -0.384. The summed E-state index contributed by atoms with van der Waals surface area (Å²) in [6.07, 6.45) is 3.09. The number of thiocarbonyl (C=S) groups is 1. The number of ether oxygens (including phenoxy) is 1. The van der Waals surface area contributed by atoms with Gasteiger partial charge in [0.1, 0.15) is 11.4 Å². The Labute approximate surface area is 255 Å². The largest absolute Gasteiger partial charge is 0.497 e. The lowest BCUT2D eigenvalue weighted by atomic mass is 10.1. The number of methoxy groups -OCH3 is 1. The van der Waals surface area contributed by atoms with Crippen LogP contribution in [0.15, 0.2) is 66.7 Å². The molecule has 2 saturated heterocycles. The average Bonchev–Trinajstić information content (AvgIpc) is 3.05. The van der Waals surface area contributed by atoms with Crippen LogP contribution >= 0.6 is 12.2 Å². The fourth-order valence-electron chi connectivity index (χ4n) is 5.39. The van der Waals surface area contributed by atoms with Crippen molar-refractivity contribution in [2.45, 2.75) is 19.3 Å². The van der Waals surface area contributed by atoms with Gasteiger partial charge in [-0.25, -0.2) is 0 Å². The minimum atomic E-state index is -0.524. The number of nitro groups is 1. The first-order valence-electron chi connectivity index (χ1n) is 14.3. The molecule has 0 aliphatic carbocycles. The molecule has 3 aromatic carbocycles. The number of nitro benzene ring substituents is 1. The third-order valence-electron chi connectivity index (χ3n) is 7.75. The highest BCUT2D eigenvalue weighted by molar-refractivity contribution is 7.80. The molecule has 3 aromatic rings. The number of hydrogen-bond donors (Lipinski definition) is 2. The molecule has 0 saturated carbocycles. The molecule has 0 radical (unpaired) electrons. The van der Waals surface area contributed by atoms with Crippen LogP contribution in [0.4, 0.5) is 22.7 Å². The lowest BCUT2D eigenvalue weighted by Gasteiger charge is -2.36. The Kier molecular flexibility index (Phi) is 9.35. The van der Waals surface area contributed by atoms with E-state index in [0.717, 1.165) is 38.0 Å². The van der Waals surface area contributed by atoms with Gasteiger partial charge in [-0.1, -0.05) is 0 Å². The van der Waals surface area contributed by atoms with Crippen molar-refractivity contribution in [2.24, 2.45) is 0 Å². The van der Waals surface area contributed by atoms with E-state index in [9.17, 15) is 19.7 Å². The molecular formula is C31H34N6O5S. The van der Waals surface area contributed by atoms with Crippen molar-refractivity contribution in [3.63, 3.8) is 0 Å². The van der Waals surface area contributed by atoms with Crippen LogP contribution in [0.1, 0.15) is 40.0 Å². The van der Waals surface area contributed by atoms with E-state index in [4.69, 9.17) is 17.0 Å². The first-order valence-corrected chi connectivity index (χ1v) is 14.7. The Morgan fingerprint density at radius 2 is 1.49 bits per heavy atom. The molecule has 2 fully saturated rings. The number of hydrogen-bond acceptors (Lipinski definition) is 8. The van der Waals surface area contributed by atoms with E-state index in [1.54, 1.807) is 43.5 Å². The molecule has 2 amide bonds. The quantitative estimate of drug-likeness (QED) is 0.226. The standard InChI is InChI=1S/C31H34N6O5S/c1-42-26-12-5-22(6-13-26)30(39)36-19-17-34(18-20-36)25-10-8-24(9-11-25)32-31(43)33-29(38)23-7-14-27(28(21-23)37(40)41)35-15-3-2-4-16-35/h5-14,21H,2-4,15-20H2,1H3,(H2,32,33,38,43). The van der Waals surface area contributed by atoms with Gasteiger partial charge in [0.2, 0.25) is 0 Å². The van der Waals surface area contributed by atoms with E-state index in [0.29, 0.717) is 48.9 Å². The predicted octanol–water partition coefficient (Wildman–Crippen LogP) is 4.68. The minimum Gasteiger partial charge on any atom is -0.497 e. The number of amides is 2. The molecule has 2 heterocycles. The van der Waals surface area contributed by atoms with Gasteiger partial charge in [-0.05, 0) is 92.1 Å². The summed E-state index contributed by atoms with van der Waals surface area (Å²) in [4.78, 5) is 43.1. The second-order valence-electron chi connectivity index (χ2n) is 10.5. The molecule has 43 heavy (non-hydrogen) atoms. The SMILES string of the molecule is COc1ccc(C(=O)N2CCN(c3ccc(NC(=S)NC(=O)c4ccc(N5CCCCC5)c([N+](=O)[O-])c4)cc3)CC2)cc1. The van der Waals surface area contributed by atoms with Gasteiger partial charge in [-0.15, -0.1) is 0 Å². The van der Waals surface area contributed by atoms with E-state index in [1.165, 1.54) is 6.07 Å². The highest BCUT2D eigenvalue weighted by atomic mass is 32.1. The van der Waals surface area contributed by atoms with E-state index in [1.807, 2.05) is 34.1 Å². The van der Waals surface area contributed by atoms with Gasteiger partial charge in [0.25, 0.3) is 17.5 Å². The summed E-state index contributed by atoms with van der Waals surface area (Å²) in [7, 11) is 1.60. The Hall–Kier alpha value is -4.71. The third-order valence-corrected chi connectivity index (χ3v) is 7.96. The third kappa shape index (κ3) is 7.20. The second kappa shape index (κ2) is 13.5. The number of carbonyl (C=O) groups excluding carboxylic acids is 2. The minimum absolute atomic E-state index is 0.00459. The van der Waals surface area contributed by atoms with Crippen LogP contribution in [0.5, 0.6) is 5.75 Å². The topological polar surface area (TPSA) is 120 Å². The zero-order chi connectivity index (χ0) is 30.3. The summed E-state index contributed by atoms with van der Waals surface area (Å²) in [5.41, 5.74) is 2.95. The van der Waals surface area contributed by atoms with E-state index < -0.39 is 10.8 Å². The van der Waals surface area contributed by atoms with Crippen molar-refractivity contribution in [3.8, 4) is 5.75 Å². The van der Waals surface area contributed by atoms with Crippen molar-refractivity contribution in [3.05, 3.63) is 88.0 Å². The summed E-state index contributed by atoms with van der Waals surface area (Å²) in [6, 6.07) is 19.3. The van der Waals surface area contributed by atoms with Crippen molar-refractivity contribution < 1.29 is 19.2 Å². The van der Waals surface area contributed by atoms with Gasteiger partial charge in [-0.3, -0.25) is 25.0 Å². The van der Waals surface area contributed by atoms with Gasteiger partial charge in [0.05, 0.1) is 12.0 Å². The van der Waals surface area contributed by atoms with Gasteiger partial charge in [-0.2, -0.15) is 0 Å². The summed E-state index contributed by atoms with van der Waals surface area (Å²) < 4.78 is 5.17. The van der Waals surface area contributed by atoms with E-state index in [2.05, 4.69) is 15.5 Å². The highest BCUT2D eigenvalue weighted by Gasteiger charge is 2.24. The fraction of sp³-hybridized carbons (Fsp3) is 0.323. The predicted molar refractivity (Wildman–Crippen MR) is 170 cm³/mol. The van der Waals surface area contributed by atoms with Crippen LogP contribution in [0.3, 0.4) is 0 Å². The lowest BCUT2D eigenvalue weighted by Crippen LogP contribution is -2.48. The normalized spacial score (nSPS) is 15.0. The Balaban J connectivity index is 1.13. The molecule has 0 aromatic heterocycles. The molecule has 11 nitrogen and oxygen atoms in total. The zero-order valence-corrected chi connectivity index (χ0v) is 24.8. The molecule has 0 unspecified atom stereocenters. The molecule has 5 rings (SSSR count). The molecule has 2 N–H and O–H groups in total. The molecule has 2 aliphatic rings. The monoisotopic (exact) mass is 602 g/mol. The van der Waals surface area contributed by atoms with Gasteiger partial charge >= 0.3 is 0 Å². The maximum Gasteiger partial charge on any atom is 0.293 e. The second-order valence-corrected chi connectivity index (χ2v) is 10.9. The van der Waals surface area contributed by atoms with Gasteiger partial charge in [0.15, 0.2) is 5.11 Å². The number of piperidine rings is 1. The summed E-state index contributed by atoms with van der Waals surface area (Å²) in [6.45, 7) is 4.15. The average molecular weight is 603 g/mol. The van der Waals surface area contributed by atoms with Crippen LogP contribution in [0.25, 0.3) is 0 Å². The van der Waals surface area contributed by atoms with Crippen molar-refractivity contribution in [1.29, 1.82) is 0 Å². The highest BCUT2D eigenvalue weighted by Crippen LogP contribution is 2.31. The molecule has 0 atom stereocenters. The molecule has 0 bridgehead atoms. The number of piperazine rings is 1. The van der Waals surface area contributed by atoms with Crippen molar-refractivity contribution in [1.82, 2.24) is 10.2 Å². The molecule has 0 spiro atoms. The Morgan fingerprint density at radius 3 is 2.12 bits per heavy atom. The summed E-state index contributed by atoms with van der Waals surface area (Å²) in [5, 5.41) is 17.5. The van der Waals surface area contributed by atoms with Crippen molar-refractivity contribution in [2.75, 3.05) is 61.5 Å². The smallest absolute Gasteiger partial charge is 0.293 e. The molecule has 2 aliphatic heterocycles. The Morgan fingerprint density at radius 1 is 0.837 bits per heavy atom. The van der Waals surface area contributed by atoms with Gasteiger partial charge in [0, 0.05) is 67.8 Å². The summed E-state index contributed by atoms with van der Waals surface area (Å²) >= 11 is 5.33. The molecule has 12 heteroatoms. The number of carbonyl (C=O) groups is 2. The summed E-state index contributed by atoms with van der Waals surface area (Å²) in [5.74, 6) is 0.195. The van der Waals surface area contributed by atoms with Crippen LogP contribution in [0, 0.1) is 10.1 Å². The first kappa shape index (κ1) is 29.8. The van der Waals surface area contributed by atoms with Crippen LogP contribution < -0.4 is 25.2 Å².